The maximum atomic E-state index is 8.70. The molecule has 1 N–H and O–H groups in total. The van der Waals surface area contributed by atoms with E-state index in [1.165, 1.54) is 13.0 Å². The third-order valence-electron chi connectivity index (χ3n) is 2.29. The summed E-state index contributed by atoms with van der Waals surface area (Å²) in [5.41, 5.74) is 0. The topological polar surface area (TPSA) is 23.5 Å². The van der Waals surface area contributed by atoms with Gasteiger partial charge in [0.1, 0.15) is 0 Å². The normalized spacial score (nSPS) is 25.7. The van der Waals surface area contributed by atoms with Gasteiger partial charge in [0, 0.05) is 19.7 Å². The molecule has 0 spiro atoms. The SMILES string of the molecule is C=CCN1CCC(CCO)C1. The Morgan fingerprint density at radius 3 is 3.09 bits per heavy atom. The van der Waals surface area contributed by atoms with Gasteiger partial charge in [0.15, 0.2) is 0 Å². The second-order valence-electron chi connectivity index (χ2n) is 3.22. The molecule has 1 atom stereocenters. The molecule has 1 heterocycles. The van der Waals surface area contributed by atoms with E-state index in [0.29, 0.717) is 6.61 Å². The molecular weight excluding hydrogens is 138 g/mol. The molecule has 0 bridgehead atoms. The number of aliphatic hydroxyl groups excluding tert-OH is 1. The Labute approximate surface area is 68.5 Å². The molecule has 0 aromatic carbocycles. The summed E-state index contributed by atoms with van der Waals surface area (Å²) in [4.78, 5) is 2.38. The Morgan fingerprint density at radius 2 is 2.45 bits per heavy atom. The molecule has 1 unspecified atom stereocenters. The molecule has 1 aliphatic rings. The van der Waals surface area contributed by atoms with E-state index in [-0.39, 0.29) is 0 Å². The zero-order valence-corrected chi connectivity index (χ0v) is 7.00. The van der Waals surface area contributed by atoms with Crippen molar-refractivity contribution in [1.29, 1.82) is 0 Å². The molecule has 1 aliphatic heterocycles. The molecule has 0 aromatic rings. The van der Waals surface area contributed by atoms with Crippen LogP contribution < -0.4 is 0 Å². The number of hydrogen-bond acceptors (Lipinski definition) is 2. The van der Waals surface area contributed by atoms with E-state index in [9.17, 15) is 0 Å². The molecule has 2 nitrogen and oxygen atoms in total. The van der Waals surface area contributed by atoms with Crippen molar-refractivity contribution in [2.45, 2.75) is 12.8 Å². The summed E-state index contributed by atoms with van der Waals surface area (Å²) in [6.07, 6.45) is 4.16. The van der Waals surface area contributed by atoms with Crippen LogP contribution in [0.4, 0.5) is 0 Å². The number of likely N-dealkylation sites (tertiary alicyclic amines) is 1. The van der Waals surface area contributed by atoms with Gasteiger partial charge in [-0.05, 0) is 25.3 Å². The van der Waals surface area contributed by atoms with Crippen molar-refractivity contribution < 1.29 is 5.11 Å². The van der Waals surface area contributed by atoms with Crippen LogP contribution in [0.5, 0.6) is 0 Å². The van der Waals surface area contributed by atoms with Crippen LogP contribution in [0.1, 0.15) is 12.8 Å². The summed E-state index contributed by atoms with van der Waals surface area (Å²) in [6.45, 7) is 7.37. The van der Waals surface area contributed by atoms with Crippen LogP contribution in [0.15, 0.2) is 12.7 Å². The van der Waals surface area contributed by atoms with Gasteiger partial charge >= 0.3 is 0 Å². The maximum Gasteiger partial charge on any atom is 0.0434 e. The largest absolute Gasteiger partial charge is 0.396 e. The Kier molecular flexibility index (Phi) is 3.60. The molecule has 0 amide bonds. The number of rotatable bonds is 4. The minimum Gasteiger partial charge on any atom is -0.396 e. The molecule has 2 heteroatoms. The predicted octanol–water partition coefficient (Wildman–Crippen LogP) is 0.877. The minimum atomic E-state index is 0.340. The van der Waals surface area contributed by atoms with Crippen LogP contribution in [0, 0.1) is 5.92 Å². The lowest BCUT2D eigenvalue weighted by molar-refractivity contribution is 0.254. The van der Waals surface area contributed by atoms with Crippen LogP contribution in [-0.2, 0) is 0 Å². The van der Waals surface area contributed by atoms with Crippen LogP contribution in [-0.4, -0.2) is 36.2 Å². The molecule has 0 radical (unpaired) electrons. The summed E-state index contributed by atoms with van der Waals surface area (Å²) < 4.78 is 0. The lowest BCUT2D eigenvalue weighted by atomic mass is 10.1. The van der Waals surface area contributed by atoms with Gasteiger partial charge in [0.25, 0.3) is 0 Å². The number of nitrogens with zero attached hydrogens (tertiary/aromatic N) is 1. The lowest BCUT2D eigenvalue weighted by Crippen LogP contribution is -2.20. The van der Waals surface area contributed by atoms with Crippen LogP contribution >= 0.6 is 0 Å². The summed E-state index contributed by atoms with van der Waals surface area (Å²) in [6, 6.07) is 0. The van der Waals surface area contributed by atoms with Crippen molar-refractivity contribution in [3.63, 3.8) is 0 Å². The van der Waals surface area contributed by atoms with Crippen molar-refractivity contribution in [2.24, 2.45) is 5.92 Å². The Hall–Kier alpha value is -0.340. The van der Waals surface area contributed by atoms with Gasteiger partial charge in [0.05, 0.1) is 0 Å². The van der Waals surface area contributed by atoms with Crippen LogP contribution in [0.3, 0.4) is 0 Å². The molecule has 0 aromatic heterocycles. The molecule has 1 rings (SSSR count). The second kappa shape index (κ2) is 4.52. The Bertz CT molecular complexity index is 125. The van der Waals surface area contributed by atoms with Gasteiger partial charge in [-0.2, -0.15) is 0 Å². The summed E-state index contributed by atoms with van der Waals surface area (Å²) in [5.74, 6) is 0.722. The predicted molar refractivity (Wildman–Crippen MR) is 46.4 cm³/mol. The number of hydrogen-bond donors (Lipinski definition) is 1. The van der Waals surface area contributed by atoms with Gasteiger partial charge in [-0.25, -0.2) is 0 Å². The average molecular weight is 155 g/mol. The van der Waals surface area contributed by atoms with E-state index in [1.807, 2.05) is 6.08 Å². The third kappa shape index (κ3) is 2.64. The summed E-state index contributed by atoms with van der Waals surface area (Å²) >= 11 is 0. The van der Waals surface area contributed by atoms with Crippen LogP contribution in [0.2, 0.25) is 0 Å². The average Bonchev–Trinajstić information content (AvgIpc) is 2.38. The first-order valence-corrected chi connectivity index (χ1v) is 4.31. The summed E-state index contributed by atoms with van der Waals surface area (Å²) in [5, 5.41) is 8.70. The molecular formula is C9H17NO. The van der Waals surface area contributed by atoms with Gasteiger partial charge in [-0.15, -0.1) is 6.58 Å². The van der Waals surface area contributed by atoms with E-state index < -0.39 is 0 Å². The van der Waals surface area contributed by atoms with Crippen LogP contribution in [0.25, 0.3) is 0 Å². The highest BCUT2D eigenvalue weighted by Gasteiger charge is 2.20. The smallest absolute Gasteiger partial charge is 0.0434 e. The van der Waals surface area contributed by atoms with Crippen molar-refractivity contribution in [1.82, 2.24) is 4.90 Å². The first-order chi connectivity index (χ1) is 5.36. The minimum absolute atomic E-state index is 0.340. The fourth-order valence-electron chi connectivity index (χ4n) is 1.68. The standard InChI is InChI=1S/C9H17NO/c1-2-5-10-6-3-9(8-10)4-7-11/h2,9,11H,1,3-8H2. The summed E-state index contributed by atoms with van der Waals surface area (Å²) in [7, 11) is 0. The first-order valence-electron chi connectivity index (χ1n) is 4.31. The van der Waals surface area contributed by atoms with E-state index in [4.69, 9.17) is 5.11 Å². The van der Waals surface area contributed by atoms with E-state index in [1.54, 1.807) is 0 Å². The highest BCUT2D eigenvalue weighted by atomic mass is 16.3. The zero-order valence-electron chi connectivity index (χ0n) is 7.00. The maximum absolute atomic E-state index is 8.70. The highest BCUT2D eigenvalue weighted by Crippen LogP contribution is 2.18. The fourth-order valence-corrected chi connectivity index (χ4v) is 1.68. The Balaban J connectivity index is 2.17. The molecule has 11 heavy (non-hydrogen) atoms. The van der Waals surface area contributed by atoms with Gasteiger partial charge < -0.3 is 5.11 Å². The lowest BCUT2D eigenvalue weighted by Gasteiger charge is -2.12. The second-order valence-corrected chi connectivity index (χ2v) is 3.22. The van der Waals surface area contributed by atoms with Crippen molar-refractivity contribution in [2.75, 3.05) is 26.2 Å². The Morgan fingerprint density at radius 1 is 1.64 bits per heavy atom. The quantitative estimate of drug-likeness (QED) is 0.609. The molecule has 1 fully saturated rings. The van der Waals surface area contributed by atoms with E-state index >= 15 is 0 Å². The first kappa shape index (κ1) is 8.75. The molecule has 0 aliphatic carbocycles. The van der Waals surface area contributed by atoms with Gasteiger partial charge in [0.2, 0.25) is 0 Å². The van der Waals surface area contributed by atoms with E-state index in [2.05, 4.69) is 11.5 Å². The van der Waals surface area contributed by atoms with Gasteiger partial charge in [-0.1, -0.05) is 6.08 Å². The molecule has 0 saturated carbocycles. The van der Waals surface area contributed by atoms with Gasteiger partial charge in [-0.3, -0.25) is 4.90 Å². The van der Waals surface area contributed by atoms with Crippen molar-refractivity contribution >= 4 is 0 Å². The molecule has 64 valence electrons. The van der Waals surface area contributed by atoms with E-state index in [0.717, 1.165) is 25.4 Å². The highest BCUT2D eigenvalue weighted by molar-refractivity contribution is 4.80. The van der Waals surface area contributed by atoms with Crippen molar-refractivity contribution in [3.05, 3.63) is 12.7 Å². The number of aliphatic hydroxyl groups is 1. The zero-order chi connectivity index (χ0) is 8.10. The third-order valence-corrected chi connectivity index (χ3v) is 2.29. The fraction of sp³-hybridized carbons (Fsp3) is 0.778. The molecule has 1 saturated heterocycles. The monoisotopic (exact) mass is 155 g/mol. The van der Waals surface area contributed by atoms with Crippen molar-refractivity contribution in [3.8, 4) is 0 Å².